The van der Waals surface area contributed by atoms with Crippen LogP contribution < -0.4 is 19.9 Å². The number of methoxy groups -OCH3 is 3. The molecule has 0 bridgehead atoms. The van der Waals surface area contributed by atoms with Crippen molar-refractivity contribution in [1.29, 1.82) is 0 Å². The predicted molar refractivity (Wildman–Crippen MR) is 105 cm³/mol. The number of nitrogens with two attached hydrogens (primary N) is 1. The maximum atomic E-state index is 12.5. The van der Waals surface area contributed by atoms with Crippen molar-refractivity contribution in [2.24, 2.45) is 11.7 Å². The average molecular weight is 425 g/mol. The number of carbonyl (C=O) groups excluding carboxylic acids is 1. The van der Waals surface area contributed by atoms with Gasteiger partial charge in [0, 0.05) is 38.3 Å². The highest BCUT2D eigenvalue weighted by Gasteiger charge is 2.39. The Morgan fingerprint density at radius 2 is 1.53 bits per heavy atom. The van der Waals surface area contributed by atoms with Crippen molar-refractivity contribution in [2.75, 3.05) is 47.5 Å². The van der Waals surface area contributed by atoms with Gasteiger partial charge in [-0.25, -0.2) is 0 Å². The van der Waals surface area contributed by atoms with Crippen LogP contribution in [0.3, 0.4) is 0 Å². The van der Waals surface area contributed by atoms with Crippen molar-refractivity contribution in [3.8, 4) is 17.2 Å². The van der Waals surface area contributed by atoms with Gasteiger partial charge in [0.1, 0.15) is 6.04 Å². The van der Waals surface area contributed by atoms with E-state index in [9.17, 15) is 14.4 Å². The summed E-state index contributed by atoms with van der Waals surface area (Å²) in [6.07, 6.45) is 0. The number of carboxylic acid groups (broad SMARTS) is 2. The van der Waals surface area contributed by atoms with E-state index in [2.05, 4.69) is 4.90 Å². The van der Waals surface area contributed by atoms with E-state index in [1.165, 1.54) is 19.1 Å². The highest BCUT2D eigenvalue weighted by molar-refractivity contribution is 6.00. The van der Waals surface area contributed by atoms with E-state index in [1.807, 2.05) is 6.07 Å². The number of aliphatic carboxylic acids is 2. The lowest BCUT2D eigenvalue weighted by molar-refractivity contribution is -0.159. The summed E-state index contributed by atoms with van der Waals surface area (Å²) in [4.78, 5) is 38.2. The lowest BCUT2D eigenvalue weighted by Crippen LogP contribution is -2.56. The number of benzene rings is 1. The van der Waals surface area contributed by atoms with E-state index in [4.69, 9.17) is 30.2 Å². The summed E-state index contributed by atoms with van der Waals surface area (Å²) in [6.45, 7) is 2.13. The molecule has 1 aliphatic rings. The van der Waals surface area contributed by atoms with Crippen LogP contribution in [0.5, 0.6) is 17.2 Å². The molecule has 1 saturated heterocycles. The smallest absolute Gasteiger partial charge is 0.320 e. The minimum absolute atomic E-state index is 0.300. The minimum atomic E-state index is -1.98. The monoisotopic (exact) mass is 425 g/mol. The molecule has 1 aromatic rings. The molecule has 0 aromatic heterocycles. The molecule has 1 unspecified atom stereocenters. The summed E-state index contributed by atoms with van der Waals surface area (Å²) in [7, 11) is 4.61. The number of carbonyl (C=O) groups is 3. The standard InChI is InChI=1S/C19H27N3O8/c1-28-12-5-4-11(15(29-2)16(12)30-3)10-21-6-8-22(9-7-21)17(23)14(20)13(18(24)25)19(26)27/h4-5,13-14H,6-10,20H2,1-3H3,(H,24,25)(H,26,27). The third-order valence-corrected chi connectivity index (χ3v) is 5.04. The predicted octanol–water partition coefficient (Wildman–Crippen LogP) is -0.531. The summed E-state index contributed by atoms with van der Waals surface area (Å²) in [6, 6.07) is 2.02. The van der Waals surface area contributed by atoms with E-state index < -0.39 is 29.8 Å². The van der Waals surface area contributed by atoms with Gasteiger partial charge in [0.05, 0.1) is 21.3 Å². The van der Waals surface area contributed by atoms with E-state index in [0.29, 0.717) is 50.0 Å². The van der Waals surface area contributed by atoms with Gasteiger partial charge >= 0.3 is 11.9 Å². The molecule has 30 heavy (non-hydrogen) atoms. The highest BCUT2D eigenvalue weighted by Crippen LogP contribution is 2.40. The lowest BCUT2D eigenvalue weighted by atomic mass is 9.99. The molecular formula is C19H27N3O8. The molecule has 1 heterocycles. The SMILES string of the molecule is COc1ccc(CN2CCN(C(=O)C(N)C(C(=O)O)C(=O)O)CC2)c(OC)c1OC. The van der Waals surface area contributed by atoms with Gasteiger partial charge < -0.3 is 35.1 Å². The molecule has 11 nitrogen and oxygen atoms in total. The third-order valence-electron chi connectivity index (χ3n) is 5.04. The van der Waals surface area contributed by atoms with Crippen molar-refractivity contribution >= 4 is 17.8 Å². The van der Waals surface area contributed by atoms with E-state index in [0.717, 1.165) is 5.56 Å². The fourth-order valence-corrected chi connectivity index (χ4v) is 3.42. The number of hydrogen-bond donors (Lipinski definition) is 3. The second kappa shape index (κ2) is 10.1. The molecule has 0 saturated carbocycles. The molecule has 4 N–H and O–H groups in total. The Morgan fingerprint density at radius 3 is 2.00 bits per heavy atom. The lowest BCUT2D eigenvalue weighted by Gasteiger charge is -2.36. The summed E-state index contributed by atoms with van der Waals surface area (Å²) < 4.78 is 16.2. The van der Waals surface area contributed by atoms with Crippen molar-refractivity contribution < 1.29 is 38.8 Å². The highest BCUT2D eigenvalue weighted by atomic mass is 16.5. The zero-order valence-electron chi connectivity index (χ0n) is 17.2. The van der Waals surface area contributed by atoms with Crippen molar-refractivity contribution in [2.45, 2.75) is 12.6 Å². The molecule has 0 spiro atoms. The van der Waals surface area contributed by atoms with Crippen molar-refractivity contribution in [3.05, 3.63) is 17.7 Å². The van der Waals surface area contributed by atoms with E-state index >= 15 is 0 Å². The fraction of sp³-hybridized carbons (Fsp3) is 0.526. The van der Waals surface area contributed by atoms with Gasteiger partial charge in [-0.15, -0.1) is 0 Å². The molecule has 2 rings (SSSR count). The van der Waals surface area contributed by atoms with Crippen LogP contribution in [-0.2, 0) is 20.9 Å². The Hall–Kier alpha value is -3.05. The molecule has 1 atom stereocenters. The normalized spacial score (nSPS) is 15.6. The molecule has 1 aromatic carbocycles. The maximum Gasteiger partial charge on any atom is 0.320 e. The Kier molecular flexibility index (Phi) is 7.84. The van der Waals surface area contributed by atoms with Gasteiger partial charge in [0.15, 0.2) is 17.4 Å². The summed E-state index contributed by atoms with van der Waals surface area (Å²) in [5.74, 6) is -4.34. The van der Waals surface area contributed by atoms with Gasteiger partial charge in [-0.1, -0.05) is 6.07 Å². The van der Waals surface area contributed by atoms with Crippen LogP contribution in [0, 0.1) is 5.92 Å². The maximum absolute atomic E-state index is 12.5. The van der Waals surface area contributed by atoms with Crippen molar-refractivity contribution in [3.63, 3.8) is 0 Å². The van der Waals surface area contributed by atoms with Crippen LogP contribution in [0.2, 0.25) is 0 Å². The third kappa shape index (κ3) is 4.92. The zero-order valence-corrected chi connectivity index (χ0v) is 17.2. The number of hydrogen-bond acceptors (Lipinski definition) is 8. The summed E-state index contributed by atoms with van der Waals surface area (Å²) in [5.41, 5.74) is 6.52. The van der Waals surface area contributed by atoms with Gasteiger partial charge in [-0.3, -0.25) is 19.3 Å². The number of ether oxygens (including phenoxy) is 3. The van der Waals surface area contributed by atoms with Crippen LogP contribution in [0.25, 0.3) is 0 Å². The van der Waals surface area contributed by atoms with Crippen LogP contribution in [0.4, 0.5) is 0 Å². The van der Waals surface area contributed by atoms with E-state index in [1.54, 1.807) is 13.2 Å². The first-order valence-electron chi connectivity index (χ1n) is 9.25. The fourth-order valence-electron chi connectivity index (χ4n) is 3.42. The molecule has 0 radical (unpaired) electrons. The van der Waals surface area contributed by atoms with Gasteiger partial charge in [0.2, 0.25) is 11.7 Å². The van der Waals surface area contributed by atoms with Crippen LogP contribution in [-0.4, -0.2) is 91.4 Å². The first kappa shape index (κ1) is 23.2. The number of carboxylic acids is 2. The molecule has 1 fully saturated rings. The molecule has 11 heteroatoms. The Morgan fingerprint density at radius 1 is 0.967 bits per heavy atom. The molecule has 1 amide bonds. The quantitative estimate of drug-likeness (QED) is 0.440. The van der Waals surface area contributed by atoms with Crippen molar-refractivity contribution in [1.82, 2.24) is 9.80 Å². The number of amides is 1. The molecule has 1 aliphatic heterocycles. The molecule has 0 aliphatic carbocycles. The minimum Gasteiger partial charge on any atom is -0.493 e. The Balaban J connectivity index is 2.04. The number of rotatable bonds is 9. The summed E-state index contributed by atoms with van der Waals surface area (Å²) in [5, 5.41) is 18.1. The van der Waals surface area contributed by atoms with Crippen LogP contribution in [0.1, 0.15) is 5.56 Å². The topological polar surface area (TPSA) is 152 Å². The van der Waals surface area contributed by atoms with Crippen LogP contribution in [0.15, 0.2) is 12.1 Å². The number of nitrogens with zero attached hydrogens (tertiary/aromatic N) is 2. The second-order valence-corrected chi connectivity index (χ2v) is 6.77. The largest absolute Gasteiger partial charge is 0.493 e. The van der Waals surface area contributed by atoms with Gasteiger partial charge in [-0.05, 0) is 6.07 Å². The Bertz CT molecular complexity index is 778. The number of piperazine rings is 1. The second-order valence-electron chi connectivity index (χ2n) is 6.77. The van der Waals surface area contributed by atoms with Crippen LogP contribution >= 0.6 is 0 Å². The molecular weight excluding hydrogens is 398 g/mol. The van der Waals surface area contributed by atoms with Gasteiger partial charge in [-0.2, -0.15) is 0 Å². The first-order valence-corrected chi connectivity index (χ1v) is 9.25. The average Bonchev–Trinajstić information content (AvgIpc) is 2.72. The van der Waals surface area contributed by atoms with Gasteiger partial charge in [0.25, 0.3) is 0 Å². The molecule has 166 valence electrons. The zero-order chi connectivity index (χ0) is 22.4. The van der Waals surface area contributed by atoms with E-state index in [-0.39, 0.29) is 0 Å². The Labute approximate surface area is 173 Å². The summed E-state index contributed by atoms with van der Waals surface area (Å²) >= 11 is 0. The first-order chi connectivity index (χ1) is 14.2.